The van der Waals surface area contributed by atoms with Crippen molar-refractivity contribution in [3.63, 3.8) is 0 Å². The molecule has 1 fully saturated rings. The minimum Gasteiger partial charge on any atom is -0.493 e. The summed E-state index contributed by atoms with van der Waals surface area (Å²) in [5.74, 6) is 2.42. The van der Waals surface area contributed by atoms with E-state index < -0.39 is 0 Å². The molecule has 27 heavy (non-hydrogen) atoms. The third-order valence-electron chi connectivity index (χ3n) is 4.89. The van der Waals surface area contributed by atoms with E-state index in [9.17, 15) is 0 Å². The van der Waals surface area contributed by atoms with Gasteiger partial charge in [0.05, 0.1) is 19.8 Å². The summed E-state index contributed by atoms with van der Waals surface area (Å²) in [7, 11) is 3.48. The Labute approximate surface area is 165 Å². The first-order chi connectivity index (χ1) is 13.2. The lowest BCUT2D eigenvalue weighted by molar-refractivity contribution is 0.200. The minimum atomic E-state index is 0.311. The number of methoxy groups -OCH3 is 1. The molecule has 1 aliphatic rings. The van der Waals surface area contributed by atoms with Crippen molar-refractivity contribution in [2.75, 3.05) is 14.2 Å². The monoisotopic (exact) mass is 387 g/mol. The first-order valence-electron chi connectivity index (χ1n) is 9.50. The summed E-state index contributed by atoms with van der Waals surface area (Å²) < 4.78 is 11.7. The molecule has 0 saturated heterocycles. The molecule has 0 atom stereocenters. The maximum Gasteiger partial charge on any atom is 0.191 e. The molecule has 2 N–H and O–H groups in total. The normalized spacial score (nSPS) is 15.0. The second-order valence-electron chi connectivity index (χ2n) is 6.82. The number of nitrogens with one attached hydrogen (secondary N) is 2. The van der Waals surface area contributed by atoms with Gasteiger partial charge in [0, 0.05) is 18.5 Å². The number of nitrogens with zero attached hydrogens (tertiary/aromatic N) is 1. The van der Waals surface area contributed by atoms with E-state index in [4.69, 9.17) is 9.47 Å². The van der Waals surface area contributed by atoms with Gasteiger partial charge in [-0.3, -0.25) is 4.99 Å². The van der Waals surface area contributed by atoms with Crippen molar-refractivity contribution in [3.05, 3.63) is 45.6 Å². The van der Waals surface area contributed by atoms with Crippen molar-refractivity contribution < 1.29 is 9.47 Å². The van der Waals surface area contributed by atoms with Crippen molar-refractivity contribution in [3.8, 4) is 11.5 Å². The number of rotatable bonds is 7. The predicted molar refractivity (Wildman–Crippen MR) is 112 cm³/mol. The first kappa shape index (κ1) is 19.5. The van der Waals surface area contributed by atoms with Crippen LogP contribution in [-0.4, -0.2) is 26.2 Å². The Morgan fingerprint density at radius 2 is 1.93 bits per heavy atom. The van der Waals surface area contributed by atoms with Crippen LogP contribution in [0.15, 0.2) is 34.6 Å². The SMILES string of the molecule is CN=C(NCc1ccc(OC)c(OC2CCCC2)c1)NCc1sccc1C. The van der Waals surface area contributed by atoms with Crippen molar-refractivity contribution >= 4 is 17.3 Å². The number of aryl methyl sites for hydroxylation is 1. The highest BCUT2D eigenvalue weighted by atomic mass is 32.1. The van der Waals surface area contributed by atoms with Crippen LogP contribution in [-0.2, 0) is 13.1 Å². The van der Waals surface area contributed by atoms with Gasteiger partial charge in [0.15, 0.2) is 17.5 Å². The highest BCUT2D eigenvalue weighted by molar-refractivity contribution is 7.10. The summed E-state index contributed by atoms with van der Waals surface area (Å²) in [6.45, 7) is 3.59. The highest BCUT2D eigenvalue weighted by Gasteiger charge is 2.18. The van der Waals surface area contributed by atoms with E-state index >= 15 is 0 Å². The largest absolute Gasteiger partial charge is 0.493 e. The average molecular weight is 388 g/mol. The van der Waals surface area contributed by atoms with Crippen molar-refractivity contribution in [2.45, 2.75) is 51.8 Å². The van der Waals surface area contributed by atoms with Gasteiger partial charge in [-0.1, -0.05) is 6.07 Å². The lowest BCUT2D eigenvalue weighted by Crippen LogP contribution is -2.36. The van der Waals surface area contributed by atoms with Gasteiger partial charge in [-0.15, -0.1) is 11.3 Å². The molecule has 1 saturated carbocycles. The minimum absolute atomic E-state index is 0.311. The number of guanidine groups is 1. The van der Waals surface area contributed by atoms with Crippen LogP contribution in [0.3, 0.4) is 0 Å². The molecule has 0 bridgehead atoms. The summed E-state index contributed by atoms with van der Waals surface area (Å²) >= 11 is 1.76. The smallest absolute Gasteiger partial charge is 0.191 e. The van der Waals surface area contributed by atoms with E-state index in [-0.39, 0.29) is 0 Å². The zero-order valence-corrected chi connectivity index (χ0v) is 17.2. The molecular weight excluding hydrogens is 358 g/mol. The Bertz CT molecular complexity index is 767. The van der Waals surface area contributed by atoms with Crippen LogP contribution in [0.1, 0.15) is 41.7 Å². The van der Waals surface area contributed by atoms with E-state index in [2.05, 4.69) is 46.1 Å². The van der Waals surface area contributed by atoms with Crippen LogP contribution >= 0.6 is 11.3 Å². The van der Waals surface area contributed by atoms with Crippen LogP contribution in [0.4, 0.5) is 0 Å². The van der Waals surface area contributed by atoms with Gasteiger partial charge >= 0.3 is 0 Å². The fourth-order valence-electron chi connectivity index (χ4n) is 3.26. The third kappa shape index (κ3) is 5.39. The van der Waals surface area contributed by atoms with Crippen molar-refractivity contribution in [1.29, 1.82) is 0 Å². The maximum absolute atomic E-state index is 6.18. The van der Waals surface area contributed by atoms with Gasteiger partial charge in [-0.25, -0.2) is 0 Å². The van der Waals surface area contributed by atoms with Crippen molar-refractivity contribution in [1.82, 2.24) is 10.6 Å². The molecule has 1 aliphatic carbocycles. The maximum atomic E-state index is 6.18. The molecule has 2 aromatic rings. The quantitative estimate of drug-likeness (QED) is 0.551. The number of thiophene rings is 1. The number of hydrogen-bond donors (Lipinski definition) is 2. The van der Waals surface area contributed by atoms with E-state index in [0.717, 1.165) is 42.4 Å². The molecule has 1 aromatic heterocycles. The zero-order valence-electron chi connectivity index (χ0n) is 16.4. The van der Waals surface area contributed by atoms with E-state index in [1.54, 1.807) is 25.5 Å². The fraction of sp³-hybridized carbons (Fsp3) is 0.476. The highest BCUT2D eigenvalue weighted by Crippen LogP contribution is 2.32. The molecule has 0 unspecified atom stereocenters. The van der Waals surface area contributed by atoms with Crippen molar-refractivity contribution in [2.24, 2.45) is 4.99 Å². The topological polar surface area (TPSA) is 54.9 Å². The van der Waals surface area contributed by atoms with Gasteiger partial charge in [-0.05, 0) is 67.3 Å². The predicted octanol–water partition coefficient (Wildman–Crippen LogP) is 4.25. The molecule has 3 rings (SSSR count). The number of ether oxygens (including phenoxy) is 2. The first-order valence-corrected chi connectivity index (χ1v) is 10.4. The van der Waals surface area contributed by atoms with Crippen LogP contribution in [0.25, 0.3) is 0 Å². The standard InChI is InChI=1S/C21H29N3O2S/c1-15-10-11-27-20(15)14-24-21(22-2)23-13-16-8-9-18(25-3)19(12-16)26-17-6-4-5-7-17/h8-12,17H,4-7,13-14H2,1-3H3,(H2,22,23,24). The Morgan fingerprint density at radius 3 is 2.59 bits per heavy atom. The zero-order chi connectivity index (χ0) is 19.1. The van der Waals surface area contributed by atoms with E-state index in [0.29, 0.717) is 12.6 Å². The lowest BCUT2D eigenvalue weighted by atomic mass is 10.2. The lowest BCUT2D eigenvalue weighted by Gasteiger charge is -2.17. The average Bonchev–Trinajstić information content (AvgIpc) is 3.34. The van der Waals surface area contributed by atoms with Gasteiger partial charge < -0.3 is 20.1 Å². The van der Waals surface area contributed by atoms with Crippen LogP contribution < -0.4 is 20.1 Å². The van der Waals surface area contributed by atoms with Gasteiger partial charge in [0.2, 0.25) is 0 Å². The molecule has 6 heteroatoms. The number of aliphatic imine (C=N–C) groups is 1. The van der Waals surface area contributed by atoms with Gasteiger partial charge in [0.25, 0.3) is 0 Å². The summed E-state index contributed by atoms with van der Waals surface area (Å²) in [5.41, 5.74) is 2.45. The summed E-state index contributed by atoms with van der Waals surface area (Å²) in [6.07, 6.45) is 5.07. The number of benzene rings is 1. The number of hydrogen-bond acceptors (Lipinski definition) is 4. The summed E-state index contributed by atoms with van der Waals surface area (Å²) in [6, 6.07) is 8.25. The molecule has 5 nitrogen and oxygen atoms in total. The Kier molecular flexibility index (Phi) is 6.98. The van der Waals surface area contributed by atoms with Crippen LogP contribution in [0, 0.1) is 6.92 Å². The van der Waals surface area contributed by atoms with Gasteiger partial charge in [-0.2, -0.15) is 0 Å². The Balaban J connectivity index is 1.58. The molecule has 146 valence electrons. The van der Waals surface area contributed by atoms with E-state index in [1.165, 1.54) is 23.3 Å². The Morgan fingerprint density at radius 1 is 1.15 bits per heavy atom. The molecule has 1 aromatic carbocycles. The molecule has 0 aliphatic heterocycles. The van der Waals surface area contributed by atoms with Crippen LogP contribution in [0.5, 0.6) is 11.5 Å². The third-order valence-corrected chi connectivity index (χ3v) is 5.91. The summed E-state index contributed by atoms with van der Waals surface area (Å²) in [4.78, 5) is 5.64. The second kappa shape index (κ2) is 9.65. The molecule has 1 heterocycles. The van der Waals surface area contributed by atoms with Gasteiger partial charge in [0.1, 0.15) is 0 Å². The molecule has 0 radical (unpaired) electrons. The molecular formula is C21H29N3O2S. The molecule has 0 amide bonds. The molecule has 0 spiro atoms. The van der Waals surface area contributed by atoms with E-state index in [1.807, 2.05) is 6.07 Å². The summed E-state index contributed by atoms with van der Waals surface area (Å²) in [5, 5.41) is 8.86. The second-order valence-corrected chi connectivity index (χ2v) is 7.82. The fourth-order valence-corrected chi connectivity index (χ4v) is 4.11. The van der Waals surface area contributed by atoms with Crippen LogP contribution in [0.2, 0.25) is 0 Å². The Hall–Kier alpha value is -2.21.